The van der Waals surface area contributed by atoms with Gasteiger partial charge in [0.25, 0.3) is 0 Å². The highest BCUT2D eigenvalue weighted by Crippen LogP contribution is 2.33. The molecule has 2 rings (SSSR count). The number of hydrogen-bond acceptors (Lipinski definition) is 4. The first-order valence-electron chi connectivity index (χ1n) is 10.9. The lowest BCUT2D eigenvalue weighted by molar-refractivity contribution is -0.141. The van der Waals surface area contributed by atoms with Gasteiger partial charge in [0.15, 0.2) is 0 Å². The fraction of sp³-hybridized carbons (Fsp3) is 0.417. The minimum absolute atomic E-state index is 0.00848. The molecule has 0 bridgehead atoms. The van der Waals surface area contributed by atoms with Gasteiger partial charge in [-0.05, 0) is 57.0 Å². The van der Waals surface area contributed by atoms with E-state index in [9.17, 15) is 18.0 Å². The van der Waals surface area contributed by atoms with Crippen molar-refractivity contribution < 1.29 is 18.0 Å². The molecule has 2 aromatic carbocycles. The molecule has 0 fully saturated rings. The van der Waals surface area contributed by atoms with Crippen molar-refractivity contribution in [3.05, 3.63) is 63.1 Å². The number of rotatable bonds is 9. The van der Waals surface area contributed by atoms with Crippen molar-refractivity contribution in [3.8, 4) is 0 Å². The van der Waals surface area contributed by atoms with Gasteiger partial charge >= 0.3 is 0 Å². The molecule has 0 radical (unpaired) electrons. The zero-order chi connectivity index (χ0) is 26.6. The number of benzene rings is 2. The van der Waals surface area contributed by atoms with E-state index in [4.69, 9.17) is 34.8 Å². The highest BCUT2D eigenvalue weighted by Gasteiger charge is 2.33. The van der Waals surface area contributed by atoms with E-state index in [0.29, 0.717) is 11.4 Å². The number of hydrogen-bond donors (Lipinski definition) is 1. The molecule has 0 aliphatic heterocycles. The predicted octanol–water partition coefficient (Wildman–Crippen LogP) is 5.13. The van der Waals surface area contributed by atoms with E-state index in [2.05, 4.69) is 5.32 Å². The van der Waals surface area contributed by atoms with Crippen LogP contribution in [-0.4, -0.2) is 49.5 Å². The summed E-state index contributed by atoms with van der Waals surface area (Å²) in [5.41, 5.74) is 0.289. The summed E-state index contributed by atoms with van der Waals surface area (Å²) in [6, 6.07) is 10.6. The molecule has 7 nitrogen and oxygen atoms in total. The maximum atomic E-state index is 13.6. The van der Waals surface area contributed by atoms with Gasteiger partial charge in [-0.3, -0.25) is 13.9 Å². The average Bonchev–Trinajstić information content (AvgIpc) is 2.73. The maximum Gasteiger partial charge on any atom is 0.244 e. The van der Waals surface area contributed by atoms with Crippen LogP contribution in [0.3, 0.4) is 0 Å². The van der Waals surface area contributed by atoms with E-state index in [1.807, 2.05) is 20.8 Å². The molecule has 1 atom stereocenters. The molecule has 192 valence electrons. The number of sulfonamides is 1. The van der Waals surface area contributed by atoms with Gasteiger partial charge in [-0.25, -0.2) is 8.42 Å². The van der Waals surface area contributed by atoms with Gasteiger partial charge < -0.3 is 10.2 Å². The predicted molar refractivity (Wildman–Crippen MR) is 143 cm³/mol. The third-order valence-corrected chi connectivity index (χ3v) is 7.22. The Balaban J connectivity index is 2.49. The summed E-state index contributed by atoms with van der Waals surface area (Å²) in [6.45, 7) is 6.83. The molecule has 0 saturated carbocycles. The Hall–Kier alpha value is -2.00. The van der Waals surface area contributed by atoms with Crippen molar-refractivity contribution in [2.24, 2.45) is 0 Å². The summed E-state index contributed by atoms with van der Waals surface area (Å²) in [4.78, 5) is 28.2. The number of nitrogens with one attached hydrogen (secondary N) is 1. The van der Waals surface area contributed by atoms with E-state index in [0.717, 1.165) is 16.1 Å². The third kappa shape index (κ3) is 8.27. The molecule has 2 aromatic rings. The molecule has 2 amide bonds. The van der Waals surface area contributed by atoms with Crippen molar-refractivity contribution in [3.63, 3.8) is 0 Å². The first-order chi connectivity index (χ1) is 16.1. The first-order valence-corrected chi connectivity index (χ1v) is 13.9. The molecule has 1 N–H and O–H groups in total. The second-order valence-corrected chi connectivity index (χ2v) is 12.3. The summed E-state index contributed by atoms with van der Waals surface area (Å²) in [6.07, 6.45) is 1.29. The lowest BCUT2D eigenvalue weighted by atomic mass is 10.1. The van der Waals surface area contributed by atoms with Crippen molar-refractivity contribution in [1.29, 1.82) is 0 Å². The Morgan fingerprint density at radius 2 is 1.63 bits per heavy atom. The van der Waals surface area contributed by atoms with Crippen LogP contribution in [0.15, 0.2) is 42.5 Å². The van der Waals surface area contributed by atoms with E-state index in [1.54, 1.807) is 37.3 Å². The van der Waals surface area contributed by atoms with E-state index in [1.165, 1.54) is 17.0 Å². The molecule has 0 heterocycles. The van der Waals surface area contributed by atoms with Gasteiger partial charge in [0.05, 0.1) is 22.0 Å². The van der Waals surface area contributed by atoms with E-state index >= 15 is 0 Å². The zero-order valence-corrected chi connectivity index (χ0v) is 23.4. The Labute approximate surface area is 222 Å². The fourth-order valence-corrected chi connectivity index (χ4v) is 4.87. The van der Waals surface area contributed by atoms with Crippen LogP contribution in [0, 0.1) is 0 Å². The lowest BCUT2D eigenvalue weighted by Crippen LogP contribution is -2.55. The number of carbonyl (C=O) groups excluding carboxylic acids is 2. The number of amides is 2. The van der Waals surface area contributed by atoms with Gasteiger partial charge in [0, 0.05) is 17.1 Å². The monoisotopic (exact) mass is 561 g/mol. The Morgan fingerprint density at radius 1 is 1.03 bits per heavy atom. The smallest absolute Gasteiger partial charge is 0.244 e. The summed E-state index contributed by atoms with van der Waals surface area (Å²) in [7, 11) is -3.92. The van der Waals surface area contributed by atoms with Crippen LogP contribution >= 0.6 is 34.8 Å². The van der Waals surface area contributed by atoms with E-state index in [-0.39, 0.29) is 28.2 Å². The minimum Gasteiger partial charge on any atom is -0.350 e. The highest BCUT2D eigenvalue weighted by atomic mass is 35.5. The standard InChI is InChI=1S/C24H30Cl3N3O4S/c1-6-19(23(32)28-24(2,3)4)29(14-16-10-12-17(25)13-11-16)21(31)15-30(35(5,33)34)20-9-7-8-18(26)22(20)27/h7-13,19H,6,14-15H2,1-5H3,(H,28,32)/t19-/m0/s1. The molecule has 0 unspecified atom stereocenters. The Kier molecular flexibility index (Phi) is 9.87. The van der Waals surface area contributed by atoms with Crippen LogP contribution in [0.1, 0.15) is 39.7 Å². The second-order valence-electron chi connectivity index (χ2n) is 9.15. The number of nitrogens with zero attached hydrogens (tertiary/aromatic N) is 2. The Bertz CT molecular complexity index is 1170. The molecule has 0 spiro atoms. The maximum absolute atomic E-state index is 13.6. The molecule has 0 saturated heterocycles. The van der Waals surface area contributed by atoms with Gasteiger partial charge in [0.1, 0.15) is 12.6 Å². The number of carbonyl (C=O) groups is 2. The SMILES string of the molecule is CC[C@@H](C(=O)NC(C)(C)C)N(Cc1ccc(Cl)cc1)C(=O)CN(c1cccc(Cl)c1Cl)S(C)(=O)=O. The lowest BCUT2D eigenvalue weighted by Gasteiger charge is -2.34. The molecular formula is C24H30Cl3N3O4S. The third-order valence-electron chi connectivity index (χ3n) is 5.03. The van der Waals surface area contributed by atoms with Crippen LogP contribution in [0.2, 0.25) is 15.1 Å². The van der Waals surface area contributed by atoms with Gasteiger partial charge in [-0.15, -0.1) is 0 Å². The van der Waals surface area contributed by atoms with Crippen molar-refractivity contribution in [2.75, 3.05) is 17.1 Å². The quantitative estimate of drug-likeness (QED) is 0.459. The van der Waals surface area contributed by atoms with Crippen molar-refractivity contribution in [2.45, 2.75) is 52.2 Å². The largest absolute Gasteiger partial charge is 0.350 e. The summed E-state index contributed by atoms with van der Waals surface area (Å²) in [5.74, 6) is -0.911. The second kappa shape index (κ2) is 11.8. The molecule has 35 heavy (non-hydrogen) atoms. The molecule has 0 aromatic heterocycles. The van der Waals surface area contributed by atoms with Crippen LogP contribution in [-0.2, 0) is 26.2 Å². The van der Waals surface area contributed by atoms with Crippen LogP contribution < -0.4 is 9.62 Å². The van der Waals surface area contributed by atoms with Crippen molar-refractivity contribution in [1.82, 2.24) is 10.2 Å². The van der Waals surface area contributed by atoms with Gasteiger partial charge in [-0.1, -0.05) is 59.9 Å². The number of anilines is 1. The highest BCUT2D eigenvalue weighted by molar-refractivity contribution is 7.92. The van der Waals surface area contributed by atoms with Crippen LogP contribution in [0.25, 0.3) is 0 Å². The van der Waals surface area contributed by atoms with Crippen molar-refractivity contribution >= 4 is 62.3 Å². The molecular weight excluding hydrogens is 533 g/mol. The topological polar surface area (TPSA) is 86.8 Å². The normalized spacial score (nSPS) is 12.7. The summed E-state index contributed by atoms with van der Waals surface area (Å²) < 4.78 is 26.2. The number of halogens is 3. The summed E-state index contributed by atoms with van der Waals surface area (Å²) in [5, 5.41) is 3.60. The summed E-state index contributed by atoms with van der Waals surface area (Å²) >= 11 is 18.4. The van der Waals surface area contributed by atoms with Crippen LogP contribution in [0.5, 0.6) is 0 Å². The molecule has 0 aliphatic carbocycles. The van der Waals surface area contributed by atoms with Crippen LogP contribution in [0.4, 0.5) is 5.69 Å². The van der Waals surface area contributed by atoms with Gasteiger partial charge in [-0.2, -0.15) is 0 Å². The van der Waals surface area contributed by atoms with Gasteiger partial charge in [0.2, 0.25) is 21.8 Å². The minimum atomic E-state index is -3.92. The van der Waals surface area contributed by atoms with E-state index < -0.39 is 34.1 Å². The Morgan fingerprint density at radius 3 is 2.14 bits per heavy atom. The molecule has 0 aliphatic rings. The molecule has 11 heteroatoms. The fourth-order valence-electron chi connectivity index (χ4n) is 3.44. The average molecular weight is 563 g/mol. The zero-order valence-electron chi connectivity index (χ0n) is 20.3. The first kappa shape index (κ1) is 29.2.